The summed E-state index contributed by atoms with van der Waals surface area (Å²) < 4.78 is 5.29. The van der Waals surface area contributed by atoms with Gasteiger partial charge in [-0.3, -0.25) is 9.89 Å². The molecule has 1 aliphatic heterocycles. The quantitative estimate of drug-likeness (QED) is 0.391. The number of halogens is 1. The van der Waals surface area contributed by atoms with Crippen LogP contribution in [0.2, 0.25) is 0 Å². The maximum Gasteiger partial charge on any atom is 0.191 e. The third kappa shape index (κ3) is 5.48. The number of nitrogens with one attached hydrogen (secondary N) is 2. The van der Waals surface area contributed by atoms with Crippen molar-refractivity contribution in [3.63, 3.8) is 0 Å². The third-order valence-electron chi connectivity index (χ3n) is 5.20. The molecule has 3 unspecified atom stereocenters. The molecule has 0 aromatic heterocycles. The molecule has 3 rings (SSSR count). The van der Waals surface area contributed by atoms with Crippen LogP contribution in [0.1, 0.15) is 37.8 Å². The zero-order valence-electron chi connectivity index (χ0n) is 15.5. The number of hydrogen-bond acceptors (Lipinski definition) is 3. The molecular formula is C19H31IN4O. The lowest BCUT2D eigenvalue weighted by atomic mass is 10.1. The van der Waals surface area contributed by atoms with Crippen molar-refractivity contribution in [1.29, 1.82) is 0 Å². The highest BCUT2D eigenvalue weighted by molar-refractivity contribution is 14.0. The smallest absolute Gasteiger partial charge is 0.191 e. The van der Waals surface area contributed by atoms with Crippen molar-refractivity contribution in [2.75, 3.05) is 33.8 Å². The Morgan fingerprint density at radius 2 is 1.92 bits per heavy atom. The fourth-order valence-electron chi connectivity index (χ4n) is 3.42. The van der Waals surface area contributed by atoms with E-state index in [0.717, 1.165) is 24.2 Å². The van der Waals surface area contributed by atoms with Crippen molar-refractivity contribution in [2.24, 2.45) is 10.9 Å². The highest BCUT2D eigenvalue weighted by atomic mass is 127. The van der Waals surface area contributed by atoms with Crippen molar-refractivity contribution < 1.29 is 4.74 Å². The molecule has 3 atom stereocenters. The van der Waals surface area contributed by atoms with Gasteiger partial charge in [-0.15, -0.1) is 24.0 Å². The number of ether oxygens (including phenoxy) is 1. The summed E-state index contributed by atoms with van der Waals surface area (Å²) in [5.41, 5.74) is 1.33. The third-order valence-corrected chi connectivity index (χ3v) is 5.20. The van der Waals surface area contributed by atoms with E-state index in [1.165, 1.54) is 37.9 Å². The van der Waals surface area contributed by atoms with E-state index in [0.29, 0.717) is 12.1 Å². The number of likely N-dealkylation sites (tertiary alicyclic amines) is 1. The standard InChI is InChI=1S/C19H30N4O.HI/c1-14-12-17(14)22-19(20-2)21-13-18(23-10-4-5-11-23)15-6-8-16(24-3)9-7-15;/h6-9,14,17-18H,4-5,10-13H2,1-3H3,(H2,20,21,22);1H. The fraction of sp³-hybridized carbons (Fsp3) is 0.632. The molecule has 1 saturated heterocycles. The second-order valence-corrected chi connectivity index (χ2v) is 6.95. The van der Waals surface area contributed by atoms with E-state index < -0.39 is 0 Å². The molecule has 2 aliphatic rings. The van der Waals surface area contributed by atoms with Crippen molar-refractivity contribution >= 4 is 29.9 Å². The van der Waals surface area contributed by atoms with Crippen LogP contribution in [0.5, 0.6) is 5.75 Å². The summed E-state index contributed by atoms with van der Waals surface area (Å²) in [5, 5.41) is 7.04. The van der Waals surface area contributed by atoms with Crippen molar-refractivity contribution in [3.8, 4) is 5.75 Å². The molecule has 0 radical (unpaired) electrons. The summed E-state index contributed by atoms with van der Waals surface area (Å²) in [5.74, 6) is 2.59. The predicted molar refractivity (Wildman–Crippen MR) is 114 cm³/mol. The van der Waals surface area contributed by atoms with Gasteiger partial charge in [-0.25, -0.2) is 0 Å². The molecule has 1 heterocycles. The van der Waals surface area contributed by atoms with E-state index in [-0.39, 0.29) is 24.0 Å². The summed E-state index contributed by atoms with van der Waals surface area (Å²) in [6.45, 7) is 5.48. The molecule has 1 saturated carbocycles. The lowest BCUT2D eigenvalue weighted by Crippen LogP contribution is -2.43. The van der Waals surface area contributed by atoms with Crippen LogP contribution in [0.4, 0.5) is 0 Å². The van der Waals surface area contributed by atoms with Gasteiger partial charge in [-0.05, 0) is 56.0 Å². The van der Waals surface area contributed by atoms with E-state index >= 15 is 0 Å². The van der Waals surface area contributed by atoms with Crippen molar-refractivity contribution in [1.82, 2.24) is 15.5 Å². The van der Waals surface area contributed by atoms with Gasteiger partial charge < -0.3 is 15.4 Å². The minimum absolute atomic E-state index is 0. The fourth-order valence-corrected chi connectivity index (χ4v) is 3.42. The monoisotopic (exact) mass is 458 g/mol. The Labute approximate surface area is 168 Å². The molecule has 6 heteroatoms. The van der Waals surface area contributed by atoms with Crippen LogP contribution in [0.15, 0.2) is 29.3 Å². The van der Waals surface area contributed by atoms with Crippen LogP contribution in [-0.4, -0.2) is 50.7 Å². The van der Waals surface area contributed by atoms with E-state index in [1.807, 2.05) is 7.05 Å². The molecular weight excluding hydrogens is 427 g/mol. The number of aliphatic imine (C=N–C) groups is 1. The normalized spacial score (nSPS) is 24.4. The van der Waals surface area contributed by atoms with Gasteiger partial charge in [0.15, 0.2) is 5.96 Å². The minimum atomic E-state index is 0. The van der Waals surface area contributed by atoms with E-state index in [4.69, 9.17) is 4.74 Å². The van der Waals surface area contributed by atoms with Gasteiger partial charge in [0.2, 0.25) is 0 Å². The van der Waals surface area contributed by atoms with Gasteiger partial charge in [0.05, 0.1) is 13.2 Å². The second-order valence-electron chi connectivity index (χ2n) is 6.95. The molecule has 25 heavy (non-hydrogen) atoms. The molecule has 5 nitrogen and oxygen atoms in total. The lowest BCUT2D eigenvalue weighted by Gasteiger charge is -2.29. The Bertz CT molecular complexity index is 557. The van der Waals surface area contributed by atoms with Crippen LogP contribution in [0, 0.1) is 5.92 Å². The number of guanidine groups is 1. The van der Waals surface area contributed by atoms with Gasteiger partial charge in [-0.1, -0.05) is 19.1 Å². The molecule has 0 spiro atoms. The Hall–Kier alpha value is -1.02. The average Bonchev–Trinajstić information content (AvgIpc) is 3.07. The van der Waals surface area contributed by atoms with Crippen LogP contribution >= 0.6 is 24.0 Å². The number of hydrogen-bond donors (Lipinski definition) is 2. The SMILES string of the molecule is CN=C(NCC(c1ccc(OC)cc1)N1CCCC1)NC1CC1C.I. The van der Waals surface area contributed by atoms with E-state index in [2.05, 4.69) is 51.7 Å². The number of rotatable bonds is 6. The molecule has 2 fully saturated rings. The summed E-state index contributed by atoms with van der Waals surface area (Å²) in [7, 11) is 3.56. The second kappa shape index (κ2) is 9.62. The minimum Gasteiger partial charge on any atom is -0.497 e. The maximum atomic E-state index is 5.29. The Morgan fingerprint density at radius 3 is 2.44 bits per heavy atom. The maximum absolute atomic E-state index is 5.29. The molecule has 140 valence electrons. The zero-order chi connectivity index (χ0) is 16.9. The first-order chi connectivity index (χ1) is 11.7. The molecule has 2 N–H and O–H groups in total. The average molecular weight is 458 g/mol. The largest absolute Gasteiger partial charge is 0.497 e. The van der Waals surface area contributed by atoms with Crippen LogP contribution < -0.4 is 15.4 Å². The summed E-state index contributed by atoms with van der Waals surface area (Å²) >= 11 is 0. The predicted octanol–water partition coefficient (Wildman–Crippen LogP) is 3.02. The van der Waals surface area contributed by atoms with Gasteiger partial charge >= 0.3 is 0 Å². The summed E-state index contributed by atoms with van der Waals surface area (Å²) in [4.78, 5) is 6.95. The Morgan fingerprint density at radius 1 is 1.28 bits per heavy atom. The first-order valence-corrected chi connectivity index (χ1v) is 9.06. The molecule has 1 aromatic rings. The molecule has 0 bridgehead atoms. The molecule has 0 amide bonds. The van der Waals surface area contributed by atoms with Gasteiger partial charge in [0, 0.05) is 19.6 Å². The van der Waals surface area contributed by atoms with Crippen LogP contribution in [0.25, 0.3) is 0 Å². The topological polar surface area (TPSA) is 48.9 Å². The van der Waals surface area contributed by atoms with Gasteiger partial charge in [-0.2, -0.15) is 0 Å². The molecule has 1 aliphatic carbocycles. The van der Waals surface area contributed by atoms with Gasteiger partial charge in [0.1, 0.15) is 5.75 Å². The first kappa shape index (κ1) is 20.3. The Balaban J connectivity index is 0.00000225. The van der Waals surface area contributed by atoms with Crippen molar-refractivity contribution in [2.45, 2.75) is 38.3 Å². The highest BCUT2D eigenvalue weighted by Crippen LogP contribution is 2.29. The van der Waals surface area contributed by atoms with Crippen LogP contribution in [0.3, 0.4) is 0 Å². The number of benzene rings is 1. The number of nitrogens with zero attached hydrogens (tertiary/aromatic N) is 2. The lowest BCUT2D eigenvalue weighted by molar-refractivity contribution is 0.245. The molecule has 1 aromatic carbocycles. The van der Waals surface area contributed by atoms with Gasteiger partial charge in [0.25, 0.3) is 0 Å². The summed E-state index contributed by atoms with van der Waals surface area (Å²) in [6.07, 6.45) is 3.83. The highest BCUT2D eigenvalue weighted by Gasteiger charge is 2.33. The first-order valence-electron chi connectivity index (χ1n) is 9.06. The number of methoxy groups -OCH3 is 1. The van der Waals surface area contributed by atoms with Crippen molar-refractivity contribution in [3.05, 3.63) is 29.8 Å². The summed E-state index contributed by atoms with van der Waals surface area (Å²) in [6, 6.07) is 9.43. The van der Waals surface area contributed by atoms with E-state index in [1.54, 1.807) is 7.11 Å². The Kier molecular flexibility index (Phi) is 7.81. The van der Waals surface area contributed by atoms with Crippen LogP contribution in [-0.2, 0) is 0 Å². The zero-order valence-corrected chi connectivity index (χ0v) is 17.8. The van der Waals surface area contributed by atoms with E-state index in [9.17, 15) is 0 Å².